The molecule has 148 valence electrons. The largest absolute Gasteiger partial charge is 0.496 e. The summed E-state index contributed by atoms with van der Waals surface area (Å²) in [6, 6.07) is 13.8. The Morgan fingerprint density at radius 1 is 1.10 bits per heavy atom. The van der Waals surface area contributed by atoms with Crippen molar-refractivity contribution in [1.82, 2.24) is 15.4 Å². The SMILES string of the molecule is COc1ccccc1C(=O)NNc1ncnc(Nc2ccc(I)cc2)c1[N+](=O)[O-]. The van der Waals surface area contributed by atoms with Crippen molar-refractivity contribution in [2.75, 3.05) is 17.9 Å². The van der Waals surface area contributed by atoms with Gasteiger partial charge >= 0.3 is 5.69 Å². The van der Waals surface area contributed by atoms with E-state index in [1.807, 2.05) is 12.1 Å². The summed E-state index contributed by atoms with van der Waals surface area (Å²) in [4.78, 5) is 31.2. The molecule has 0 saturated carbocycles. The molecule has 0 atom stereocenters. The van der Waals surface area contributed by atoms with Crippen LogP contribution in [0.3, 0.4) is 0 Å². The van der Waals surface area contributed by atoms with E-state index in [1.54, 1.807) is 36.4 Å². The Balaban J connectivity index is 1.83. The van der Waals surface area contributed by atoms with Crippen LogP contribution >= 0.6 is 22.6 Å². The molecule has 1 heterocycles. The smallest absolute Gasteiger partial charge is 0.355 e. The van der Waals surface area contributed by atoms with Gasteiger partial charge in [0.2, 0.25) is 11.6 Å². The first-order valence-corrected chi connectivity index (χ1v) is 9.29. The third-order valence-corrected chi connectivity index (χ3v) is 4.48. The number of halogens is 1. The first-order chi connectivity index (χ1) is 14.0. The van der Waals surface area contributed by atoms with E-state index in [4.69, 9.17) is 4.74 Å². The fraction of sp³-hybridized carbons (Fsp3) is 0.0556. The lowest BCUT2D eigenvalue weighted by Crippen LogP contribution is -2.30. The molecule has 3 N–H and O–H groups in total. The molecule has 11 heteroatoms. The molecular formula is C18H15IN6O4. The first kappa shape index (κ1) is 20.3. The highest BCUT2D eigenvalue weighted by Gasteiger charge is 2.24. The van der Waals surface area contributed by atoms with Gasteiger partial charge in [-0.25, -0.2) is 9.97 Å². The van der Waals surface area contributed by atoms with Crippen LogP contribution in [0, 0.1) is 13.7 Å². The van der Waals surface area contributed by atoms with Crippen LogP contribution in [0.2, 0.25) is 0 Å². The molecule has 0 bridgehead atoms. The number of nitro groups is 1. The lowest BCUT2D eigenvalue weighted by Gasteiger charge is -2.12. The molecule has 1 aromatic heterocycles. The highest BCUT2D eigenvalue weighted by Crippen LogP contribution is 2.31. The number of hydrogen-bond acceptors (Lipinski definition) is 8. The summed E-state index contributed by atoms with van der Waals surface area (Å²) in [5.74, 6) is -0.353. The Morgan fingerprint density at radius 2 is 1.79 bits per heavy atom. The van der Waals surface area contributed by atoms with Gasteiger partial charge in [-0.1, -0.05) is 12.1 Å². The van der Waals surface area contributed by atoms with E-state index >= 15 is 0 Å². The highest BCUT2D eigenvalue weighted by atomic mass is 127. The molecule has 29 heavy (non-hydrogen) atoms. The second kappa shape index (κ2) is 9.14. The van der Waals surface area contributed by atoms with E-state index in [0.717, 1.165) is 9.90 Å². The van der Waals surface area contributed by atoms with Gasteiger partial charge in [-0.05, 0) is 59.0 Å². The van der Waals surface area contributed by atoms with Crippen molar-refractivity contribution in [2.45, 2.75) is 0 Å². The van der Waals surface area contributed by atoms with Gasteiger partial charge in [0, 0.05) is 9.26 Å². The van der Waals surface area contributed by atoms with Crippen LogP contribution in [0.4, 0.5) is 23.0 Å². The number of amides is 1. The maximum Gasteiger partial charge on any atom is 0.355 e. The van der Waals surface area contributed by atoms with Crippen molar-refractivity contribution in [3.63, 3.8) is 0 Å². The highest BCUT2D eigenvalue weighted by molar-refractivity contribution is 14.1. The molecule has 3 rings (SSSR count). The predicted octanol–water partition coefficient (Wildman–Crippen LogP) is 3.50. The van der Waals surface area contributed by atoms with Crippen LogP contribution in [0.25, 0.3) is 0 Å². The minimum atomic E-state index is -0.632. The fourth-order valence-electron chi connectivity index (χ4n) is 2.42. The van der Waals surface area contributed by atoms with Crippen LogP contribution < -0.4 is 20.9 Å². The number of hydrazine groups is 1. The number of nitrogens with zero attached hydrogens (tertiary/aromatic N) is 3. The number of carbonyl (C=O) groups is 1. The zero-order valence-electron chi connectivity index (χ0n) is 15.0. The molecular weight excluding hydrogens is 491 g/mol. The summed E-state index contributed by atoms with van der Waals surface area (Å²) >= 11 is 2.16. The molecule has 0 fully saturated rings. The zero-order chi connectivity index (χ0) is 20.8. The van der Waals surface area contributed by atoms with E-state index < -0.39 is 16.5 Å². The summed E-state index contributed by atoms with van der Waals surface area (Å²) in [6.45, 7) is 0. The van der Waals surface area contributed by atoms with E-state index in [9.17, 15) is 14.9 Å². The molecule has 1 amide bonds. The van der Waals surface area contributed by atoms with Crippen molar-refractivity contribution in [3.05, 3.63) is 74.1 Å². The third-order valence-electron chi connectivity index (χ3n) is 3.76. The Hall–Kier alpha value is -3.48. The number of rotatable bonds is 7. The Kier molecular flexibility index (Phi) is 6.39. The number of ether oxygens (including phenoxy) is 1. The Labute approximate surface area is 179 Å². The van der Waals surface area contributed by atoms with Gasteiger partial charge in [-0.2, -0.15) is 0 Å². The number of carbonyl (C=O) groups excluding carboxylic acids is 1. The molecule has 0 radical (unpaired) electrons. The molecule has 0 spiro atoms. The van der Waals surface area contributed by atoms with Gasteiger partial charge in [-0.15, -0.1) is 0 Å². The second-order valence-electron chi connectivity index (χ2n) is 5.59. The van der Waals surface area contributed by atoms with Gasteiger partial charge in [-0.3, -0.25) is 25.8 Å². The molecule has 0 aliphatic carbocycles. The minimum absolute atomic E-state index is 0.0137. The van der Waals surface area contributed by atoms with Gasteiger partial charge in [0.15, 0.2) is 0 Å². The maximum absolute atomic E-state index is 12.4. The standard InChI is InChI=1S/C18H15IN6O4/c1-29-14-5-3-2-4-13(14)18(26)24-23-17-15(25(27)28)16(20-10-21-17)22-12-8-6-11(19)7-9-12/h2-10H,1H3,(H,24,26)(H2,20,21,22,23). The van der Waals surface area contributed by atoms with Crippen LogP contribution in [0.5, 0.6) is 5.75 Å². The van der Waals surface area contributed by atoms with E-state index in [2.05, 4.69) is 48.7 Å². The second-order valence-corrected chi connectivity index (χ2v) is 6.83. The van der Waals surface area contributed by atoms with Crippen molar-refractivity contribution < 1.29 is 14.5 Å². The number of nitrogens with one attached hydrogen (secondary N) is 3. The van der Waals surface area contributed by atoms with Crippen LogP contribution in [0.15, 0.2) is 54.9 Å². The average Bonchev–Trinajstić information content (AvgIpc) is 2.73. The summed E-state index contributed by atoms with van der Waals surface area (Å²) < 4.78 is 6.16. The molecule has 3 aromatic rings. The summed E-state index contributed by atoms with van der Waals surface area (Å²) in [5, 5.41) is 14.5. The summed E-state index contributed by atoms with van der Waals surface area (Å²) in [6.07, 6.45) is 1.15. The first-order valence-electron chi connectivity index (χ1n) is 8.21. The Morgan fingerprint density at radius 3 is 2.48 bits per heavy atom. The molecule has 0 aliphatic rings. The van der Waals surface area contributed by atoms with Crippen LogP contribution in [-0.2, 0) is 0 Å². The maximum atomic E-state index is 12.4. The topological polar surface area (TPSA) is 131 Å². The van der Waals surface area contributed by atoms with Crippen LogP contribution in [0.1, 0.15) is 10.4 Å². The van der Waals surface area contributed by atoms with Gasteiger partial charge in [0.25, 0.3) is 5.91 Å². The predicted molar refractivity (Wildman–Crippen MR) is 115 cm³/mol. The number of benzene rings is 2. The zero-order valence-corrected chi connectivity index (χ0v) is 17.2. The molecule has 10 nitrogen and oxygen atoms in total. The molecule has 2 aromatic carbocycles. The number of para-hydroxylation sites is 1. The fourth-order valence-corrected chi connectivity index (χ4v) is 2.78. The van der Waals surface area contributed by atoms with Crippen molar-refractivity contribution in [3.8, 4) is 5.75 Å². The number of anilines is 3. The Bertz CT molecular complexity index is 1040. The molecule has 0 unspecified atom stereocenters. The van der Waals surface area contributed by atoms with E-state index in [0.29, 0.717) is 11.4 Å². The van der Waals surface area contributed by atoms with E-state index in [1.165, 1.54) is 7.11 Å². The minimum Gasteiger partial charge on any atom is -0.496 e. The van der Waals surface area contributed by atoms with Crippen molar-refractivity contribution in [1.29, 1.82) is 0 Å². The van der Waals surface area contributed by atoms with Crippen molar-refractivity contribution in [2.24, 2.45) is 0 Å². The average molecular weight is 506 g/mol. The number of aromatic nitrogens is 2. The summed E-state index contributed by atoms with van der Waals surface area (Å²) in [7, 11) is 1.44. The quantitative estimate of drug-likeness (QED) is 0.252. The third kappa shape index (κ3) is 4.87. The normalized spacial score (nSPS) is 10.1. The summed E-state index contributed by atoms with van der Waals surface area (Å²) in [5.41, 5.74) is 5.35. The molecule has 0 saturated heterocycles. The number of hydrogen-bond donors (Lipinski definition) is 3. The van der Waals surface area contributed by atoms with Gasteiger partial charge in [0.05, 0.1) is 17.6 Å². The molecule has 0 aliphatic heterocycles. The monoisotopic (exact) mass is 506 g/mol. The van der Waals surface area contributed by atoms with E-state index in [-0.39, 0.29) is 17.2 Å². The lowest BCUT2D eigenvalue weighted by atomic mass is 10.2. The van der Waals surface area contributed by atoms with Crippen molar-refractivity contribution >= 4 is 51.5 Å². The van der Waals surface area contributed by atoms with Gasteiger partial charge in [0.1, 0.15) is 12.1 Å². The number of methoxy groups -OCH3 is 1. The van der Waals surface area contributed by atoms with Gasteiger partial charge < -0.3 is 10.1 Å². The lowest BCUT2D eigenvalue weighted by molar-refractivity contribution is -0.383. The van der Waals surface area contributed by atoms with Crippen LogP contribution in [-0.4, -0.2) is 27.9 Å².